The van der Waals surface area contributed by atoms with E-state index in [2.05, 4.69) is 235 Å². The van der Waals surface area contributed by atoms with E-state index >= 15 is 0 Å². The van der Waals surface area contributed by atoms with Gasteiger partial charge in [-0.15, -0.1) is 34.0 Å². The lowest BCUT2D eigenvalue weighted by Crippen LogP contribution is -2.27. The van der Waals surface area contributed by atoms with Crippen LogP contribution in [0.3, 0.4) is 0 Å². The number of rotatable bonds is 2. The van der Waals surface area contributed by atoms with Gasteiger partial charge < -0.3 is 35.2 Å². The molecule has 0 radical (unpaired) electrons. The maximum absolute atomic E-state index is 13.1. The quantitative estimate of drug-likeness (QED) is 0.169. The Kier molecular flexibility index (Phi) is 41.3. The minimum absolute atomic E-state index is 0. The molecule has 19 heteroatoms. The van der Waals surface area contributed by atoms with Gasteiger partial charge in [0.1, 0.15) is 27.4 Å². The molecule has 24 rings (SSSR count). The number of allylic oxidation sites excluding steroid dienone is 2. The van der Waals surface area contributed by atoms with Crippen LogP contribution in [0.4, 0.5) is 4.39 Å². The third kappa shape index (κ3) is 31.6. The number of amidine groups is 2. The number of nitrogens with two attached hydrogens (primary N) is 2. The van der Waals surface area contributed by atoms with Crippen molar-refractivity contribution >= 4 is 102 Å². The third-order valence-corrected chi connectivity index (χ3v) is 26.3. The van der Waals surface area contributed by atoms with E-state index in [4.69, 9.17) is 58.4 Å². The van der Waals surface area contributed by atoms with Crippen LogP contribution in [-0.4, -0.2) is 57.5 Å². The molecular formula is C118H131Cl2FN8O5S3. The standard InChI is InChI=1S/C10H9NS.C10H9N.C10H12O2.C10H12.2C10H10.C9H9ClO.C9H7ClS.C9H9FO2.C9H8N2S.2C9H10N2.4CH4/c1-8-7-12-10(11-8)9-5-3-2-4-6-9;1-8-4-5-10-9(7-8)3-2-6-11-10;1-8-3-4-9-10(7-8)12-6-2-5-11-9;3*1-8-5-6-9-3-2-4-10(9)7-8;1-6-4-9-7(2-3-11-9)5-8(6)10;1-6-9(10)7-4-2-3-5-8(7)11-6;1-6-3-4-7-8(5-6)12-9(2,10)11-7;1-7-6-12-9(11-7)8-3-2-4-10-5-8;1-6-2-3-8-7(4-6)5-11-9(8)10;1-6-2-3-7-5-11-9(10)8(7)4-6;;;;/h2-7H,1H3;2-7H,1H3;3-4,7H,2,5-6H2,1H3;5-7H,2-4H2,1H3;2*2,4-7H,3H2,1H3;4-5H,2-3H2,1H3;2-5H,1H3;3-5H,1-2H3;2-6H,1H3;2*2-4H,5H2,1H3,(H2,10,11);4*1H4. The van der Waals surface area contributed by atoms with Crippen LogP contribution in [0.5, 0.6) is 28.7 Å². The number of aromatic nitrogens is 4. The van der Waals surface area contributed by atoms with Crippen LogP contribution in [0.2, 0.25) is 10.0 Å². The van der Waals surface area contributed by atoms with E-state index in [0.29, 0.717) is 23.2 Å². The van der Waals surface area contributed by atoms with Gasteiger partial charge in [-0.1, -0.05) is 268 Å². The first-order valence-corrected chi connectivity index (χ1v) is 48.1. The van der Waals surface area contributed by atoms with Crippen LogP contribution in [-0.2, 0) is 45.2 Å². The van der Waals surface area contributed by atoms with Crippen molar-refractivity contribution in [2.24, 2.45) is 21.5 Å². The molecule has 3 aliphatic carbocycles. The summed E-state index contributed by atoms with van der Waals surface area (Å²) >= 11 is 17.1. The molecule has 16 aromatic rings. The summed E-state index contributed by atoms with van der Waals surface area (Å²) in [4.78, 5) is 26.5. The summed E-state index contributed by atoms with van der Waals surface area (Å²) in [5, 5.41) is 10.4. The molecule has 137 heavy (non-hydrogen) atoms. The normalized spacial score (nSPS) is 13.7. The van der Waals surface area contributed by atoms with Crippen LogP contribution in [0.25, 0.3) is 54.3 Å². The average molecular weight is 1930 g/mol. The van der Waals surface area contributed by atoms with Crippen LogP contribution in [0.15, 0.2) is 288 Å². The fraction of sp³-hybridized carbons (Fsp3) is 0.254. The lowest BCUT2D eigenvalue weighted by molar-refractivity contribution is -0.173. The highest BCUT2D eigenvalue weighted by atomic mass is 35.5. The summed E-state index contributed by atoms with van der Waals surface area (Å²) < 4.78 is 40.5. The van der Waals surface area contributed by atoms with Crippen LogP contribution < -0.4 is 35.2 Å². The van der Waals surface area contributed by atoms with Crippen molar-refractivity contribution in [3.8, 4) is 49.9 Å². The molecule has 13 nitrogen and oxygen atoms in total. The predicted octanol–water partition coefficient (Wildman–Crippen LogP) is 31.8. The van der Waals surface area contributed by atoms with Gasteiger partial charge in [0, 0.05) is 108 Å². The number of fused-ring (bicyclic) bond motifs is 10. The molecule has 5 aliphatic heterocycles. The van der Waals surface area contributed by atoms with Gasteiger partial charge >= 0.3 is 6.04 Å². The number of halogens is 3. The minimum atomic E-state index is -2.00. The molecule has 0 saturated heterocycles. The minimum Gasteiger partial charge on any atom is -0.493 e. The smallest absolute Gasteiger partial charge is 0.404 e. The number of benzene rings is 11. The number of aryl methyl sites for hydroxylation is 14. The summed E-state index contributed by atoms with van der Waals surface area (Å²) in [7, 11) is 0. The van der Waals surface area contributed by atoms with Crippen molar-refractivity contribution in [3.63, 3.8) is 0 Å². The number of pyridine rings is 2. The molecule has 712 valence electrons. The Bertz CT molecular complexity index is 6610. The zero-order chi connectivity index (χ0) is 93.9. The molecule has 1 atom stereocenters. The van der Waals surface area contributed by atoms with Crippen molar-refractivity contribution in [1.29, 1.82) is 0 Å². The molecule has 11 aromatic carbocycles. The molecule has 0 amide bonds. The zero-order valence-corrected chi connectivity index (χ0v) is 81.9. The van der Waals surface area contributed by atoms with Gasteiger partial charge in [-0.05, 0) is 261 Å². The highest BCUT2D eigenvalue weighted by Gasteiger charge is 2.36. The number of nitrogens with zero attached hydrogens (tertiary/aromatic N) is 6. The van der Waals surface area contributed by atoms with E-state index in [1.54, 1.807) is 63.5 Å². The van der Waals surface area contributed by atoms with Gasteiger partial charge in [0.2, 0.25) is 0 Å². The summed E-state index contributed by atoms with van der Waals surface area (Å²) in [5.74, 6) is 5.06. The van der Waals surface area contributed by atoms with Crippen molar-refractivity contribution in [2.75, 3.05) is 19.8 Å². The number of ether oxygens (including phenoxy) is 5. The van der Waals surface area contributed by atoms with Gasteiger partial charge in [-0.2, -0.15) is 4.39 Å². The van der Waals surface area contributed by atoms with Crippen molar-refractivity contribution in [1.82, 2.24) is 19.9 Å². The first kappa shape index (κ1) is 108. The average Bonchev–Trinajstić information content (AvgIpc) is 1.68. The SMILES string of the molecule is C.C.C.C.Cc1cc2c(cc1Cl)CCO2.Cc1ccc2c(c1)C(N)=NC2.Cc1ccc2c(c1)C=CC2.Cc1ccc2c(c1)C=CC2.Cc1ccc2c(c1)CCC2.Cc1ccc2c(c1)CN=C2N.Cc1ccc2c(c1)OC(C)(F)O2.Cc1ccc2c(c1)OCCCO2.Cc1ccc2ncccc2c1.Cc1csc(-c2ccccc2)n1.Cc1csc(-c2cccnc2)n1.Cc1sc2ccccc2c1Cl. The molecule has 8 aliphatic rings. The Morgan fingerprint density at radius 2 is 0.920 bits per heavy atom. The molecule has 0 saturated carbocycles. The topological polar surface area (TPSA) is 174 Å². The van der Waals surface area contributed by atoms with Crippen LogP contribution in [0.1, 0.15) is 177 Å². The number of hydrogen-bond donors (Lipinski definition) is 2. The third-order valence-electron chi connectivity index (χ3n) is 22.2. The van der Waals surface area contributed by atoms with Gasteiger partial charge in [0.05, 0.1) is 43.4 Å². The van der Waals surface area contributed by atoms with E-state index < -0.39 is 6.04 Å². The Balaban J connectivity index is 0.000000167. The fourth-order valence-electron chi connectivity index (χ4n) is 15.3. The largest absolute Gasteiger partial charge is 0.493 e. The molecule has 5 aromatic heterocycles. The number of alkyl halides is 1. The summed E-state index contributed by atoms with van der Waals surface area (Å²) in [5.41, 5.74) is 42.9. The highest BCUT2D eigenvalue weighted by Crippen LogP contribution is 2.41. The molecular weight excluding hydrogens is 1800 g/mol. The lowest BCUT2D eigenvalue weighted by Gasteiger charge is -2.10. The fourth-order valence-corrected chi connectivity index (χ4v) is 18.3. The van der Waals surface area contributed by atoms with Crippen molar-refractivity contribution in [3.05, 3.63) is 416 Å². The second-order valence-electron chi connectivity index (χ2n) is 33.6. The molecule has 0 fully saturated rings. The van der Waals surface area contributed by atoms with Gasteiger partial charge in [0.25, 0.3) is 0 Å². The number of hydrogen-bond acceptors (Lipinski definition) is 16. The predicted molar refractivity (Wildman–Crippen MR) is 584 cm³/mol. The number of thiazole rings is 2. The Hall–Kier alpha value is -12.9. The molecule has 10 heterocycles. The summed E-state index contributed by atoms with van der Waals surface area (Å²) in [6.45, 7) is 29.7. The number of aliphatic imine (C=N–C) groups is 2. The lowest BCUT2D eigenvalue weighted by atomic mass is 10.1. The van der Waals surface area contributed by atoms with Gasteiger partial charge in [-0.25, -0.2) is 9.97 Å². The van der Waals surface area contributed by atoms with E-state index in [1.165, 1.54) is 130 Å². The van der Waals surface area contributed by atoms with Crippen molar-refractivity contribution < 1.29 is 28.1 Å². The van der Waals surface area contributed by atoms with Gasteiger partial charge in [0.15, 0.2) is 23.0 Å². The maximum atomic E-state index is 13.1. The van der Waals surface area contributed by atoms with E-state index in [0.717, 1.165) is 141 Å². The van der Waals surface area contributed by atoms with Crippen LogP contribution in [0, 0.1) is 83.1 Å². The second kappa shape index (κ2) is 52.4. The van der Waals surface area contributed by atoms with E-state index in [-0.39, 0.29) is 29.7 Å². The Morgan fingerprint density at radius 3 is 1.56 bits per heavy atom. The highest BCUT2D eigenvalue weighted by molar-refractivity contribution is 7.19. The Morgan fingerprint density at radius 1 is 0.409 bits per heavy atom. The zero-order valence-electron chi connectivity index (χ0n) is 77.9. The van der Waals surface area contributed by atoms with Crippen molar-refractivity contribution in [2.45, 2.75) is 184 Å². The maximum Gasteiger partial charge on any atom is 0.404 e. The first-order chi connectivity index (χ1) is 64.2. The van der Waals surface area contributed by atoms with E-state index in [9.17, 15) is 4.39 Å². The first-order valence-electron chi connectivity index (χ1n) is 44.8. The second-order valence-corrected chi connectivity index (χ2v) is 37.4. The van der Waals surface area contributed by atoms with Crippen LogP contribution >= 0.6 is 57.2 Å². The monoisotopic (exact) mass is 1920 g/mol. The number of thiophene rings is 1. The molecule has 0 spiro atoms. The molecule has 1 unspecified atom stereocenters. The Labute approximate surface area is 834 Å². The van der Waals surface area contributed by atoms with E-state index in [1.807, 2.05) is 149 Å². The summed E-state index contributed by atoms with van der Waals surface area (Å²) in [6.07, 6.45) is 22.4. The molecule has 4 N–H and O–H groups in total. The molecule has 0 bridgehead atoms. The van der Waals surface area contributed by atoms with Gasteiger partial charge in [-0.3, -0.25) is 20.0 Å². The summed E-state index contributed by atoms with van der Waals surface area (Å²) in [6, 6.07) is 78.6.